The van der Waals surface area contributed by atoms with Crippen LogP contribution in [0, 0.1) is 5.82 Å². The number of nitrogens with one attached hydrogen (secondary N) is 2. The van der Waals surface area contributed by atoms with E-state index in [2.05, 4.69) is 10.6 Å². The van der Waals surface area contributed by atoms with E-state index in [0.29, 0.717) is 73.1 Å². The van der Waals surface area contributed by atoms with Crippen molar-refractivity contribution in [2.24, 2.45) is 0 Å². The van der Waals surface area contributed by atoms with Gasteiger partial charge in [-0.3, -0.25) is 9.59 Å². The molecule has 2 aromatic carbocycles. The maximum Gasteiger partial charge on any atom is 0.251 e. The number of halogens is 1. The summed E-state index contributed by atoms with van der Waals surface area (Å²) in [6, 6.07) is 10.5. The third-order valence-electron chi connectivity index (χ3n) is 5.95. The number of anilines is 2. The average molecular weight is 483 g/mol. The minimum absolute atomic E-state index is 0.227. The van der Waals surface area contributed by atoms with Crippen molar-refractivity contribution in [3.05, 3.63) is 69.6 Å². The van der Waals surface area contributed by atoms with Crippen LogP contribution < -0.4 is 21.0 Å². The normalized spacial score (nSPS) is 14.8. The van der Waals surface area contributed by atoms with Gasteiger partial charge in [0.05, 0.1) is 24.6 Å². The molecular weight excluding hydrogens is 451 g/mol. The summed E-state index contributed by atoms with van der Waals surface area (Å²) >= 11 is 0. The zero-order chi connectivity index (χ0) is 24.9. The maximum absolute atomic E-state index is 13.8. The fraction of sp³-hybridized carbons (Fsp3) is 0.385. The lowest BCUT2D eigenvalue weighted by atomic mass is 10.00. The van der Waals surface area contributed by atoms with E-state index >= 15 is 0 Å². The Labute approximate surface area is 203 Å². The molecule has 1 saturated heterocycles. The lowest BCUT2D eigenvalue weighted by molar-refractivity contribution is 0.0951. The molecule has 1 fully saturated rings. The van der Waals surface area contributed by atoms with E-state index in [9.17, 15) is 14.0 Å². The smallest absolute Gasteiger partial charge is 0.251 e. The fourth-order valence-electron chi connectivity index (χ4n) is 4.07. The summed E-state index contributed by atoms with van der Waals surface area (Å²) in [5.41, 5.74) is 1.76. The van der Waals surface area contributed by atoms with Gasteiger partial charge in [0, 0.05) is 49.1 Å². The van der Waals surface area contributed by atoms with E-state index < -0.39 is 0 Å². The van der Waals surface area contributed by atoms with Gasteiger partial charge in [0.2, 0.25) is 0 Å². The highest BCUT2D eigenvalue weighted by molar-refractivity contribution is 5.99. The van der Waals surface area contributed by atoms with Gasteiger partial charge >= 0.3 is 0 Å². The van der Waals surface area contributed by atoms with Crippen molar-refractivity contribution in [2.45, 2.75) is 13.0 Å². The van der Waals surface area contributed by atoms with E-state index in [1.165, 1.54) is 18.2 Å². The van der Waals surface area contributed by atoms with Gasteiger partial charge in [-0.15, -0.1) is 0 Å². The predicted octanol–water partition coefficient (Wildman–Crippen LogP) is 3.23. The average Bonchev–Trinajstić information content (AvgIpc) is 2.83. The zero-order valence-electron chi connectivity index (χ0n) is 20.3. The lowest BCUT2D eigenvalue weighted by Crippen LogP contribution is -2.36. The molecule has 3 aromatic rings. The van der Waals surface area contributed by atoms with Crippen LogP contribution in [0.3, 0.4) is 0 Å². The van der Waals surface area contributed by atoms with Crippen molar-refractivity contribution in [1.29, 1.82) is 0 Å². The third-order valence-corrected chi connectivity index (χ3v) is 5.95. The van der Waals surface area contributed by atoms with E-state index in [4.69, 9.17) is 9.15 Å². The Balaban J connectivity index is 1.76. The van der Waals surface area contributed by atoms with E-state index in [1.807, 2.05) is 30.8 Å². The van der Waals surface area contributed by atoms with Crippen molar-refractivity contribution in [3.8, 4) is 0 Å². The summed E-state index contributed by atoms with van der Waals surface area (Å²) in [7, 11) is 3.86. The van der Waals surface area contributed by atoms with Crippen LogP contribution in [0.15, 0.2) is 51.7 Å². The van der Waals surface area contributed by atoms with Gasteiger partial charge in [-0.25, -0.2) is 4.39 Å². The second-order valence-corrected chi connectivity index (χ2v) is 8.93. The zero-order valence-corrected chi connectivity index (χ0v) is 20.3. The number of morpholine rings is 1. The summed E-state index contributed by atoms with van der Waals surface area (Å²) in [4.78, 5) is 30.0. The number of carbonyl (C=O) groups excluding carboxylic acids is 1. The van der Waals surface area contributed by atoms with Gasteiger partial charge in [-0.05, 0) is 51.4 Å². The second kappa shape index (κ2) is 10.9. The Bertz CT molecular complexity index is 1250. The summed E-state index contributed by atoms with van der Waals surface area (Å²) < 4.78 is 25.4. The van der Waals surface area contributed by atoms with Crippen LogP contribution in [0.4, 0.5) is 16.0 Å². The molecule has 1 aliphatic rings. The van der Waals surface area contributed by atoms with E-state index in [0.717, 1.165) is 0 Å². The summed E-state index contributed by atoms with van der Waals surface area (Å²) in [5.74, 6) is -0.167. The molecule has 1 aromatic heterocycles. The minimum atomic E-state index is -0.378. The SMILES string of the molecule is CC(Nc1cccc(F)c1)c1cc(C(=O)NCCN(C)C)cc2c(=O)cc(N3CCOCC3)oc12. The van der Waals surface area contributed by atoms with Crippen LogP contribution in [-0.2, 0) is 4.74 Å². The first-order valence-electron chi connectivity index (χ1n) is 11.7. The molecular formula is C26H31FN4O4. The van der Waals surface area contributed by atoms with Crippen molar-refractivity contribution < 1.29 is 18.3 Å². The molecule has 1 atom stereocenters. The van der Waals surface area contributed by atoms with Crippen molar-refractivity contribution >= 4 is 28.4 Å². The van der Waals surface area contributed by atoms with Gasteiger partial charge in [0.15, 0.2) is 11.3 Å². The largest absolute Gasteiger partial charge is 0.440 e. The Kier molecular flexibility index (Phi) is 7.67. The molecule has 0 spiro atoms. The standard InChI is InChI=1S/C26H31FN4O4/c1-17(29-20-6-4-5-19(27)15-20)21-13-18(26(33)28-7-8-30(2)3)14-22-23(32)16-24(35-25(21)22)31-9-11-34-12-10-31/h4-6,13-17,29H,7-12H2,1-3H3,(H,28,33). The van der Waals surface area contributed by atoms with Crippen LogP contribution >= 0.6 is 0 Å². The first-order chi connectivity index (χ1) is 16.8. The van der Waals surface area contributed by atoms with Crippen LogP contribution in [0.25, 0.3) is 11.0 Å². The predicted molar refractivity (Wildman–Crippen MR) is 135 cm³/mol. The number of fused-ring (bicyclic) bond motifs is 1. The summed E-state index contributed by atoms with van der Waals surface area (Å²) in [5, 5.41) is 6.48. The van der Waals surface area contributed by atoms with Gasteiger partial charge in [0.1, 0.15) is 11.4 Å². The Hall–Kier alpha value is -3.43. The number of amides is 1. The van der Waals surface area contributed by atoms with Crippen LogP contribution in [0.1, 0.15) is 28.9 Å². The highest BCUT2D eigenvalue weighted by atomic mass is 19.1. The van der Waals surface area contributed by atoms with Crippen molar-refractivity contribution in [3.63, 3.8) is 0 Å². The maximum atomic E-state index is 13.8. The summed E-state index contributed by atoms with van der Waals surface area (Å²) in [6.07, 6.45) is 0. The summed E-state index contributed by atoms with van der Waals surface area (Å²) in [6.45, 7) is 5.39. The molecule has 1 unspecified atom stereocenters. The number of hydrogen-bond donors (Lipinski definition) is 2. The Morgan fingerprint density at radius 2 is 1.94 bits per heavy atom. The molecule has 0 bridgehead atoms. The van der Waals surface area contributed by atoms with Crippen LogP contribution in [-0.4, -0.2) is 64.3 Å². The topological polar surface area (TPSA) is 87.1 Å². The van der Waals surface area contributed by atoms with Crippen LogP contribution in [0.2, 0.25) is 0 Å². The Morgan fingerprint density at radius 1 is 1.17 bits per heavy atom. The molecule has 1 amide bonds. The van der Waals surface area contributed by atoms with E-state index in [1.54, 1.807) is 24.3 Å². The molecule has 35 heavy (non-hydrogen) atoms. The molecule has 2 heterocycles. The first kappa shape index (κ1) is 24.7. The van der Waals surface area contributed by atoms with Crippen LogP contribution in [0.5, 0.6) is 0 Å². The highest BCUT2D eigenvalue weighted by Gasteiger charge is 2.21. The van der Waals surface area contributed by atoms with Gasteiger partial charge in [-0.2, -0.15) is 0 Å². The molecule has 1 aliphatic heterocycles. The fourth-order valence-corrected chi connectivity index (χ4v) is 4.07. The minimum Gasteiger partial charge on any atom is -0.440 e. The highest BCUT2D eigenvalue weighted by Crippen LogP contribution is 2.30. The molecule has 0 saturated carbocycles. The van der Waals surface area contributed by atoms with Crippen molar-refractivity contribution in [2.75, 3.05) is 63.7 Å². The molecule has 4 rings (SSSR count). The first-order valence-corrected chi connectivity index (χ1v) is 11.7. The number of carbonyl (C=O) groups is 1. The van der Waals surface area contributed by atoms with Gasteiger partial charge in [0.25, 0.3) is 5.91 Å². The van der Waals surface area contributed by atoms with Gasteiger partial charge in [-0.1, -0.05) is 6.07 Å². The number of hydrogen-bond acceptors (Lipinski definition) is 7. The second-order valence-electron chi connectivity index (χ2n) is 8.93. The lowest BCUT2D eigenvalue weighted by Gasteiger charge is -2.27. The van der Waals surface area contributed by atoms with Crippen molar-refractivity contribution in [1.82, 2.24) is 10.2 Å². The quantitative estimate of drug-likeness (QED) is 0.510. The molecule has 9 heteroatoms. The Morgan fingerprint density at radius 3 is 2.66 bits per heavy atom. The van der Waals surface area contributed by atoms with E-state index in [-0.39, 0.29) is 23.2 Å². The molecule has 8 nitrogen and oxygen atoms in total. The number of likely N-dealkylation sites (N-methyl/N-ethyl adjacent to an activating group) is 1. The number of nitrogens with zero attached hydrogens (tertiary/aromatic N) is 2. The molecule has 0 aliphatic carbocycles. The number of ether oxygens (including phenoxy) is 1. The number of benzene rings is 2. The molecule has 2 N–H and O–H groups in total. The number of rotatable bonds is 8. The molecule has 0 radical (unpaired) electrons. The molecule has 186 valence electrons. The third kappa shape index (κ3) is 5.98. The monoisotopic (exact) mass is 482 g/mol. The van der Waals surface area contributed by atoms with Gasteiger partial charge < -0.3 is 29.6 Å².